The first-order valence-corrected chi connectivity index (χ1v) is 3.88. The fourth-order valence-corrected chi connectivity index (χ4v) is 0.987. The number of benzene rings is 1. The van der Waals surface area contributed by atoms with Gasteiger partial charge in [-0.15, -0.1) is 12.3 Å². The van der Waals surface area contributed by atoms with Gasteiger partial charge in [0.1, 0.15) is 0 Å². The van der Waals surface area contributed by atoms with Crippen molar-refractivity contribution >= 4 is 5.69 Å². The molecule has 1 N–H and O–H groups in total. The van der Waals surface area contributed by atoms with Crippen molar-refractivity contribution in [2.24, 2.45) is 0 Å². The van der Waals surface area contributed by atoms with Crippen LogP contribution in [0.1, 0.15) is 5.56 Å². The SMILES string of the molecule is C#CCc1ccc(NC(F)(F)F)cc1. The highest BCUT2D eigenvalue weighted by atomic mass is 19.4. The maximum Gasteiger partial charge on any atom is 0.482 e. The molecule has 74 valence electrons. The fraction of sp³-hybridized carbons (Fsp3) is 0.200. The minimum atomic E-state index is -4.40. The van der Waals surface area contributed by atoms with E-state index in [0.717, 1.165) is 5.56 Å². The maximum atomic E-state index is 11.8. The minimum Gasteiger partial charge on any atom is -0.298 e. The highest BCUT2D eigenvalue weighted by Gasteiger charge is 2.26. The van der Waals surface area contributed by atoms with Gasteiger partial charge >= 0.3 is 6.30 Å². The van der Waals surface area contributed by atoms with E-state index in [1.54, 1.807) is 12.1 Å². The number of anilines is 1. The summed E-state index contributed by atoms with van der Waals surface area (Å²) in [5.74, 6) is 2.41. The van der Waals surface area contributed by atoms with Gasteiger partial charge in [0.2, 0.25) is 0 Å². The molecule has 1 rings (SSSR count). The number of nitrogens with one attached hydrogen (secondary N) is 1. The van der Waals surface area contributed by atoms with Crippen molar-refractivity contribution in [3.8, 4) is 12.3 Å². The summed E-state index contributed by atoms with van der Waals surface area (Å²) in [5, 5.41) is 1.40. The molecule has 14 heavy (non-hydrogen) atoms. The number of alkyl halides is 3. The Bertz CT molecular complexity index is 332. The number of hydrogen-bond donors (Lipinski definition) is 1. The third-order valence-electron chi connectivity index (χ3n) is 1.55. The summed E-state index contributed by atoms with van der Waals surface area (Å²) in [6, 6.07) is 5.82. The molecule has 0 aliphatic carbocycles. The van der Waals surface area contributed by atoms with Crippen LogP contribution in [0, 0.1) is 12.3 Å². The number of hydrogen-bond acceptors (Lipinski definition) is 1. The maximum absolute atomic E-state index is 11.8. The zero-order chi connectivity index (χ0) is 10.6. The minimum absolute atomic E-state index is 0.0123. The topological polar surface area (TPSA) is 12.0 Å². The molecule has 0 bridgehead atoms. The Morgan fingerprint density at radius 2 is 1.79 bits per heavy atom. The van der Waals surface area contributed by atoms with Crippen LogP contribution in [0.15, 0.2) is 24.3 Å². The van der Waals surface area contributed by atoms with E-state index in [0.29, 0.717) is 6.42 Å². The fourth-order valence-electron chi connectivity index (χ4n) is 0.987. The van der Waals surface area contributed by atoms with Gasteiger partial charge in [0.25, 0.3) is 0 Å². The van der Waals surface area contributed by atoms with Crippen LogP contribution in [0.5, 0.6) is 0 Å². The summed E-state index contributed by atoms with van der Waals surface area (Å²) in [7, 11) is 0. The number of rotatable bonds is 2. The molecule has 0 radical (unpaired) electrons. The van der Waals surface area contributed by atoms with E-state index >= 15 is 0 Å². The summed E-state index contributed by atoms with van der Waals surface area (Å²) in [4.78, 5) is 0. The lowest BCUT2D eigenvalue weighted by molar-refractivity contribution is -0.0999. The molecule has 1 aromatic carbocycles. The first-order chi connectivity index (χ1) is 6.51. The molecule has 0 saturated carbocycles. The molecular weight excluding hydrogens is 191 g/mol. The smallest absolute Gasteiger partial charge is 0.298 e. The van der Waals surface area contributed by atoms with Crippen LogP contribution in [-0.4, -0.2) is 6.30 Å². The van der Waals surface area contributed by atoms with Crippen LogP contribution >= 0.6 is 0 Å². The summed E-state index contributed by atoms with van der Waals surface area (Å²) < 4.78 is 35.5. The average molecular weight is 199 g/mol. The van der Waals surface area contributed by atoms with Crippen LogP contribution in [0.4, 0.5) is 18.9 Å². The van der Waals surface area contributed by atoms with E-state index < -0.39 is 6.30 Å². The van der Waals surface area contributed by atoms with Crippen molar-refractivity contribution in [1.82, 2.24) is 0 Å². The predicted molar refractivity (Wildman–Crippen MR) is 48.7 cm³/mol. The van der Waals surface area contributed by atoms with E-state index in [1.165, 1.54) is 17.4 Å². The van der Waals surface area contributed by atoms with Crippen molar-refractivity contribution in [3.63, 3.8) is 0 Å². The van der Waals surface area contributed by atoms with Crippen molar-refractivity contribution < 1.29 is 13.2 Å². The number of terminal acetylenes is 1. The lowest BCUT2D eigenvalue weighted by atomic mass is 10.1. The van der Waals surface area contributed by atoms with Crippen LogP contribution in [0.3, 0.4) is 0 Å². The molecule has 0 saturated heterocycles. The molecule has 1 aromatic rings. The van der Waals surface area contributed by atoms with Crippen LogP contribution in [0.25, 0.3) is 0 Å². The van der Waals surface area contributed by atoms with Gasteiger partial charge in [0.05, 0.1) is 0 Å². The Kier molecular flexibility index (Phi) is 3.03. The first kappa shape index (κ1) is 10.5. The molecule has 0 fully saturated rings. The van der Waals surface area contributed by atoms with Gasteiger partial charge in [-0.05, 0) is 17.7 Å². The van der Waals surface area contributed by atoms with Crippen molar-refractivity contribution in [3.05, 3.63) is 29.8 Å². The van der Waals surface area contributed by atoms with E-state index in [9.17, 15) is 13.2 Å². The van der Waals surface area contributed by atoms with E-state index in [-0.39, 0.29) is 5.69 Å². The van der Waals surface area contributed by atoms with Crippen LogP contribution in [-0.2, 0) is 6.42 Å². The first-order valence-electron chi connectivity index (χ1n) is 3.88. The summed E-state index contributed by atoms with van der Waals surface area (Å²) in [6.07, 6.45) is 1.08. The van der Waals surface area contributed by atoms with Crippen LogP contribution in [0.2, 0.25) is 0 Å². The summed E-state index contributed by atoms with van der Waals surface area (Å²) in [5.41, 5.74) is 0.832. The second kappa shape index (κ2) is 4.05. The largest absolute Gasteiger partial charge is 0.482 e. The Morgan fingerprint density at radius 3 is 2.21 bits per heavy atom. The Hall–Kier alpha value is -1.63. The summed E-state index contributed by atoms with van der Waals surface area (Å²) >= 11 is 0. The third kappa shape index (κ3) is 3.40. The second-order valence-corrected chi connectivity index (χ2v) is 2.70. The zero-order valence-electron chi connectivity index (χ0n) is 7.23. The Balaban J connectivity index is 2.70. The van der Waals surface area contributed by atoms with Gasteiger partial charge in [0.15, 0.2) is 0 Å². The zero-order valence-corrected chi connectivity index (χ0v) is 7.23. The van der Waals surface area contributed by atoms with E-state index in [2.05, 4.69) is 5.92 Å². The second-order valence-electron chi connectivity index (χ2n) is 2.70. The monoisotopic (exact) mass is 199 g/mol. The molecule has 0 aliphatic rings. The molecule has 0 heterocycles. The predicted octanol–water partition coefficient (Wildman–Crippen LogP) is 2.79. The van der Waals surface area contributed by atoms with Gasteiger partial charge in [0, 0.05) is 12.1 Å². The highest BCUT2D eigenvalue weighted by Crippen LogP contribution is 2.19. The van der Waals surface area contributed by atoms with Gasteiger partial charge in [-0.25, -0.2) is 0 Å². The molecule has 0 aromatic heterocycles. The lowest BCUT2D eigenvalue weighted by Gasteiger charge is -2.09. The molecule has 0 amide bonds. The van der Waals surface area contributed by atoms with Gasteiger partial charge in [-0.2, -0.15) is 13.2 Å². The average Bonchev–Trinajstić information content (AvgIpc) is 2.06. The standard InChI is InChI=1S/C10H8F3N/c1-2-3-8-4-6-9(7-5-8)14-10(11,12)13/h1,4-7,14H,3H2. The molecule has 0 atom stereocenters. The quantitative estimate of drug-likeness (QED) is 0.570. The van der Waals surface area contributed by atoms with Crippen molar-refractivity contribution in [2.45, 2.75) is 12.7 Å². The Labute approximate surface area is 79.9 Å². The van der Waals surface area contributed by atoms with E-state index in [1.807, 2.05) is 0 Å². The van der Waals surface area contributed by atoms with E-state index in [4.69, 9.17) is 6.42 Å². The van der Waals surface area contributed by atoms with Crippen molar-refractivity contribution in [2.75, 3.05) is 5.32 Å². The highest BCUT2D eigenvalue weighted by molar-refractivity contribution is 5.45. The van der Waals surface area contributed by atoms with Gasteiger partial charge in [-0.3, -0.25) is 5.32 Å². The molecule has 0 aliphatic heterocycles. The van der Waals surface area contributed by atoms with Crippen LogP contribution < -0.4 is 5.32 Å². The van der Waals surface area contributed by atoms with Crippen molar-refractivity contribution in [1.29, 1.82) is 0 Å². The summed E-state index contributed by atoms with van der Waals surface area (Å²) in [6.45, 7) is 0. The van der Waals surface area contributed by atoms with Gasteiger partial charge in [-0.1, -0.05) is 12.1 Å². The van der Waals surface area contributed by atoms with Gasteiger partial charge < -0.3 is 0 Å². The number of halogens is 3. The Morgan fingerprint density at radius 1 is 1.21 bits per heavy atom. The molecular formula is C10H8F3N. The third-order valence-corrected chi connectivity index (χ3v) is 1.55. The normalized spacial score (nSPS) is 10.7. The molecule has 0 spiro atoms. The molecule has 0 unspecified atom stereocenters. The molecule has 4 heteroatoms. The molecule has 1 nitrogen and oxygen atoms in total. The lowest BCUT2D eigenvalue weighted by Crippen LogP contribution is -2.20.